The molecule has 0 aliphatic carbocycles. The minimum absolute atomic E-state index is 0.00409. The Hall–Kier alpha value is -3.41. The maximum absolute atomic E-state index is 12.5. The zero-order chi connectivity index (χ0) is 20.9. The van der Waals surface area contributed by atoms with Crippen LogP contribution in [0.3, 0.4) is 0 Å². The number of carbonyl (C=O) groups is 2. The molecular formula is C23H24N2O4. The second kappa shape index (κ2) is 8.73. The predicted octanol–water partition coefficient (Wildman–Crippen LogP) is 3.74. The fraction of sp³-hybridized carbons (Fsp3) is 0.261. The van der Waals surface area contributed by atoms with Crippen LogP contribution in [-0.2, 0) is 21.4 Å². The third-order valence-electron chi connectivity index (χ3n) is 5.17. The van der Waals surface area contributed by atoms with Gasteiger partial charge in [-0.05, 0) is 31.0 Å². The average Bonchev–Trinajstić information content (AvgIpc) is 3.10. The summed E-state index contributed by atoms with van der Waals surface area (Å²) in [6.45, 7) is 3.57. The molecule has 150 valence electrons. The maximum Gasteiger partial charge on any atom is 0.315 e. The highest BCUT2D eigenvalue weighted by molar-refractivity contribution is 5.84. The number of aliphatic carboxylic acids is 1. The van der Waals surface area contributed by atoms with E-state index in [9.17, 15) is 14.7 Å². The molecule has 0 aliphatic rings. The van der Waals surface area contributed by atoms with Crippen LogP contribution >= 0.6 is 0 Å². The Morgan fingerprint density at radius 1 is 1.07 bits per heavy atom. The zero-order valence-electron chi connectivity index (χ0n) is 16.5. The Labute approximate surface area is 169 Å². The SMILES string of the molecule is CCC(CNC(=O)Cc1nc(-c2ccccc2)oc1C)(C(=O)O)c1ccccc1. The van der Waals surface area contributed by atoms with E-state index in [1.165, 1.54) is 0 Å². The number of hydrogen-bond donors (Lipinski definition) is 2. The highest BCUT2D eigenvalue weighted by Crippen LogP contribution is 2.28. The summed E-state index contributed by atoms with van der Waals surface area (Å²) in [6, 6.07) is 18.4. The third kappa shape index (κ3) is 4.37. The van der Waals surface area contributed by atoms with Crippen molar-refractivity contribution in [2.75, 3.05) is 6.54 Å². The number of aromatic nitrogens is 1. The quantitative estimate of drug-likeness (QED) is 0.609. The Morgan fingerprint density at radius 3 is 2.28 bits per heavy atom. The molecule has 1 amide bonds. The van der Waals surface area contributed by atoms with Crippen molar-refractivity contribution in [2.24, 2.45) is 0 Å². The molecule has 2 N–H and O–H groups in total. The first-order valence-electron chi connectivity index (χ1n) is 9.53. The molecule has 0 saturated carbocycles. The van der Waals surface area contributed by atoms with Gasteiger partial charge in [0.25, 0.3) is 0 Å². The smallest absolute Gasteiger partial charge is 0.315 e. The van der Waals surface area contributed by atoms with Crippen LogP contribution < -0.4 is 5.32 Å². The van der Waals surface area contributed by atoms with Gasteiger partial charge in [-0.1, -0.05) is 55.5 Å². The molecule has 0 bridgehead atoms. The van der Waals surface area contributed by atoms with Crippen LogP contribution in [0.25, 0.3) is 11.5 Å². The summed E-state index contributed by atoms with van der Waals surface area (Å²) < 4.78 is 5.69. The van der Waals surface area contributed by atoms with Crippen LogP contribution in [0.4, 0.5) is 0 Å². The van der Waals surface area contributed by atoms with Gasteiger partial charge in [-0.25, -0.2) is 4.98 Å². The van der Waals surface area contributed by atoms with Gasteiger partial charge in [0, 0.05) is 12.1 Å². The van der Waals surface area contributed by atoms with E-state index in [0.29, 0.717) is 29.3 Å². The van der Waals surface area contributed by atoms with Gasteiger partial charge in [0.1, 0.15) is 11.2 Å². The lowest BCUT2D eigenvalue weighted by molar-refractivity contribution is -0.144. The molecule has 1 atom stereocenters. The fourth-order valence-corrected chi connectivity index (χ4v) is 3.30. The Balaban J connectivity index is 1.72. The van der Waals surface area contributed by atoms with Crippen molar-refractivity contribution in [3.63, 3.8) is 0 Å². The van der Waals surface area contributed by atoms with Gasteiger partial charge in [0.2, 0.25) is 11.8 Å². The van der Waals surface area contributed by atoms with Crippen molar-refractivity contribution in [1.82, 2.24) is 10.3 Å². The van der Waals surface area contributed by atoms with E-state index in [0.717, 1.165) is 5.56 Å². The molecule has 6 heteroatoms. The van der Waals surface area contributed by atoms with E-state index in [1.807, 2.05) is 36.4 Å². The van der Waals surface area contributed by atoms with Crippen LogP contribution in [0.15, 0.2) is 65.1 Å². The molecular weight excluding hydrogens is 368 g/mol. The van der Waals surface area contributed by atoms with Crippen molar-refractivity contribution in [1.29, 1.82) is 0 Å². The van der Waals surface area contributed by atoms with Gasteiger partial charge in [-0.2, -0.15) is 0 Å². The first kappa shape index (κ1) is 20.3. The topological polar surface area (TPSA) is 92.4 Å². The summed E-state index contributed by atoms with van der Waals surface area (Å²) >= 11 is 0. The number of benzene rings is 2. The average molecular weight is 392 g/mol. The van der Waals surface area contributed by atoms with E-state index in [1.54, 1.807) is 38.1 Å². The van der Waals surface area contributed by atoms with Gasteiger partial charge >= 0.3 is 5.97 Å². The van der Waals surface area contributed by atoms with E-state index in [2.05, 4.69) is 10.3 Å². The Kier molecular flexibility index (Phi) is 6.12. The molecule has 1 aromatic heterocycles. The number of aryl methyl sites for hydroxylation is 1. The monoisotopic (exact) mass is 392 g/mol. The van der Waals surface area contributed by atoms with Crippen LogP contribution in [0, 0.1) is 6.92 Å². The number of carboxylic acids is 1. The molecule has 0 saturated heterocycles. The molecule has 6 nitrogen and oxygen atoms in total. The first-order chi connectivity index (χ1) is 14.0. The number of nitrogens with one attached hydrogen (secondary N) is 1. The van der Waals surface area contributed by atoms with Gasteiger partial charge < -0.3 is 14.8 Å². The van der Waals surface area contributed by atoms with E-state index >= 15 is 0 Å². The van der Waals surface area contributed by atoms with Crippen LogP contribution in [0.1, 0.15) is 30.4 Å². The van der Waals surface area contributed by atoms with Crippen molar-refractivity contribution in [3.05, 3.63) is 77.7 Å². The van der Waals surface area contributed by atoms with Crippen molar-refractivity contribution < 1.29 is 19.1 Å². The minimum atomic E-state index is -1.18. The highest BCUT2D eigenvalue weighted by Gasteiger charge is 2.39. The van der Waals surface area contributed by atoms with E-state index in [-0.39, 0.29) is 18.9 Å². The fourth-order valence-electron chi connectivity index (χ4n) is 3.30. The number of carboxylic acid groups (broad SMARTS) is 1. The number of nitrogens with zero attached hydrogens (tertiary/aromatic N) is 1. The standard InChI is InChI=1S/C23H24N2O4/c1-3-23(22(27)28,18-12-8-5-9-13-18)15-24-20(26)14-19-16(2)29-21(25-19)17-10-6-4-7-11-17/h4-13H,3,14-15H2,1-2H3,(H,24,26)(H,27,28). The highest BCUT2D eigenvalue weighted by atomic mass is 16.4. The van der Waals surface area contributed by atoms with Crippen LogP contribution in [0.5, 0.6) is 0 Å². The summed E-state index contributed by atoms with van der Waals surface area (Å²) in [5, 5.41) is 12.7. The van der Waals surface area contributed by atoms with Crippen molar-refractivity contribution in [3.8, 4) is 11.5 Å². The lowest BCUT2D eigenvalue weighted by Gasteiger charge is -2.29. The summed E-state index contributed by atoms with van der Waals surface area (Å²) in [7, 11) is 0. The Bertz CT molecular complexity index is 983. The van der Waals surface area contributed by atoms with E-state index < -0.39 is 11.4 Å². The second-order valence-corrected chi connectivity index (χ2v) is 6.95. The largest absolute Gasteiger partial charge is 0.481 e. The van der Waals surface area contributed by atoms with Gasteiger partial charge in [-0.3, -0.25) is 9.59 Å². The molecule has 0 fully saturated rings. The Morgan fingerprint density at radius 2 is 1.69 bits per heavy atom. The van der Waals surface area contributed by atoms with Gasteiger partial charge in [0.05, 0.1) is 12.1 Å². The van der Waals surface area contributed by atoms with Crippen molar-refractivity contribution in [2.45, 2.75) is 32.1 Å². The van der Waals surface area contributed by atoms with Crippen molar-refractivity contribution >= 4 is 11.9 Å². The summed E-state index contributed by atoms with van der Waals surface area (Å²) in [6.07, 6.45) is 0.379. The van der Waals surface area contributed by atoms with Crippen LogP contribution in [0.2, 0.25) is 0 Å². The third-order valence-corrected chi connectivity index (χ3v) is 5.17. The van der Waals surface area contributed by atoms with E-state index in [4.69, 9.17) is 4.42 Å². The molecule has 3 rings (SSSR count). The molecule has 0 radical (unpaired) electrons. The maximum atomic E-state index is 12.5. The van der Waals surface area contributed by atoms with Gasteiger partial charge in [-0.15, -0.1) is 0 Å². The molecule has 1 heterocycles. The summed E-state index contributed by atoms with van der Waals surface area (Å²) in [5.41, 5.74) is 0.866. The normalized spacial score (nSPS) is 12.9. The predicted molar refractivity (Wildman–Crippen MR) is 109 cm³/mol. The molecule has 0 aliphatic heterocycles. The minimum Gasteiger partial charge on any atom is -0.481 e. The molecule has 1 unspecified atom stereocenters. The lowest BCUT2D eigenvalue weighted by atomic mass is 9.78. The number of rotatable bonds is 8. The zero-order valence-corrected chi connectivity index (χ0v) is 16.5. The summed E-state index contributed by atoms with van der Waals surface area (Å²) in [5.74, 6) is -0.225. The molecule has 0 spiro atoms. The van der Waals surface area contributed by atoms with Gasteiger partial charge in [0.15, 0.2) is 0 Å². The lowest BCUT2D eigenvalue weighted by Crippen LogP contribution is -2.46. The first-order valence-corrected chi connectivity index (χ1v) is 9.53. The molecule has 2 aromatic carbocycles. The van der Waals surface area contributed by atoms with Crippen LogP contribution in [-0.4, -0.2) is 28.5 Å². The number of carbonyl (C=O) groups excluding carboxylic acids is 1. The number of amides is 1. The molecule has 29 heavy (non-hydrogen) atoms. The summed E-state index contributed by atoms with van der Waals surface area (Å²) in [4.78, 5) is 29.0. The molecule has 3 aromatic rings. The number of hydrogen-bond acceptors (Lipinski definition) is 4. The number of oxazole rings is 1. The second-order valence-electron chi connectivity index (χ2n) is 6.95.